The van der Waals surface area contributed by atoms with E-state index in [9.17, 15) is 0 Å². The molecule has 0 radical (unpaired) electrons. The molecule has 0 bridgehead atoms. The lowest BCUT2D eigenvalue weighted by Gasteiger charge is -2.31. The zero-order valence-electron chi connectivity index (χ0n) is 11.1. The van der Waals surface area contributed by atoms with Crippen molar-refractivity contribution >= 4 is 16.3 Å². The zero-order chi connectivity index (χ0) is 12.8. The van der Waals surface area contributed by atoms with Crippen LogP contribution in [0.5, 0.6) is 0 Å². The van der Waals surface area contributed by atoms with Crippen LogP contribution in [0.3, 0.4) is 0 Å². The van der Waals surface area contributed by atoms with Crippen LogP contribution in [0.15, 0.2) is 0 Å². The third-order valence-corrected chi connectivity index (χ3v) is 4.96. The van der Waals surface area contributed by atoms with Crippen molar-refractivity contribution in [3.05, 3.63) is 10.8 Å². The van der Waals surface area contributed by atoms with Gasteiger partial charge in [-0.05, 0) is 25.9 Å². The number of hydrogen-bond donors (Lipinski definition) is 1. The van der Waals surface area contributed by atoms with Gasteiger partial charge in [-0.25, -0.2) is 0 Å². The molecule has 0 aromatic carbocycles. The molecule has 1 N–H and O–H groups in total. The lowest BCUT2D eigenvalue weighted by Crippen LogP contribution is -2.37. The first-order valence-corrected chi connectivity index (χ1v) is 7.35. The predicted molar refractivity (Wildman–Crippen MR) is 72.2 cm³/mol. The smallest absolute Gasteiger partial charge is 0.234 e. The topological polar surface area (TPSA) is 55.1 Å². The molecule has 1 aliphatic rings. The molecule has 18 heavy (non-hydrogen) atoms. The molecule has 2 aromatic heterocycles. The highest BCUT2D eigenvalue weighted by atomic mass is 32.1. The summed E-state index contributed by atoms with van der Waals surface area (Å²) in [4.78, 5) is 0.924. The van der Waals surface area contributed by atoms with E-state index in [0.717, 1.165) is 36.7 Å². The Morgan fingerprint density at radius 2 is 2.00 bits per heavy atom. The number of nitrogens with zero attached hydrogens (tertiary/aromatic N) is 4. The van der Waals surface area contributed by atoms with Gasteiger partial charge in [-0.3, -0.25) is 0 Å². The zero-order valence-corrected chi connectivity index (χ0v) is 11.9. The van der Waals surface area contributed by atoms with Crippen LogP contribution in [0.25, 0.3) is 4.96 Å². The number of piperidine rings is 1. The molecule has 0 aliphatic carbocycles. The highest BCUT2D eigenvalue weighted by Gasteiger charge is 2.33. The van der Waals surface area contributed by atoms with E-state index in [2.05, 4.69) is 36.3 Å². The summed E-state index contributed by atoms with van der Waals surface area (Å²) >= 11 is 1.69. The molecule has 0 amide bonds. The number of rotatable bonds is 2. The average molecular weight is 265 g/mol. The van der Waals surface area contributed by atoms with Gasteiger partial charge in [0.15, 0.2) is 5.82 Å². The van der Waals surface area contributed by atoms with Gasteiger partial charge in [0.1, 0.15) is 5.01 Å². The van der Waals surface area contributed by atoms with Gasteiger partial charge in [-0.1, -0.05) is 32.1 Å². The molecular weight excluding hydrogens is 246 g/mol. The molecule has 5 nitrogen and oxygen atoms in total. The molecule has 6 heteroatoms. The van der Waals surface area contributed by atoms with Gasteiger partial charge in [0.25, 0.3) is 0 Å². The van der Waals surface area contributed by atoms with E-state index >= 15 is 0 Å². The van der Waals surface area contributed by atoms with Crippen molar-refractivity contribution in [1.82, 2.24) is 25.1 Å². The second kappa shape index (κ2) is 4.28. The first kappa shape index (κ1) is 12.0. The number of nitrogens with one attached hydrogen (secondary N) is 1. The Hall–Kier alpha value is -1.01. The number of aromatic nitrogens is 4. The lowest BCUT2D eigenvalue weighted by atomic mass is 9.82. The van der Waals surface area contributed by atoms with Gasteiger partial charge < -0.3 is 5.32 Å². The average Bonchev–Trinajstić information content (AvgIpc) is 2.88. The largest absolute Gasteiger partial charge is 0.317 e. The Kier molecular flexibility index (Phi) is 2.86. The highest BCUT2D eigenvalue weighted by Crippen LogP contribution is 2.35. The summed E-state index contributed by atoms with van der Waals surface area (Å²) in [5.74, 6) is 1.32. The maximum absolute atomic E-state index is 4.77. The third kappa shape index (κ3) is 1.83. The Morgan fingerprint density at radius 1 is 1.28 bits per heavy atom. The molecule has 1 fully saturated rings. The first-order valence-electron chi connectivity index (χ1n) is 6.53. The van der Waals surface area contributed by atoms with Crippen molar-refractivity contribution in [3.63, 3.8) is 0 Å². The van der Waals surface area contributed by atoms with Gasteiger partial charge >= 0.3 is 0 Å². The molecule has 3 heterocycles. The van der Waals surface area contributed by atoms with E-state index in [1.54, 1.807) is 11.3 Å². The fourth-order valence-corrected chi connectivity index (χ4v) is 3.48. The van der Waals surface area contributed by atoms with Crippen molar-refractivity contribution in [2.75, 3.05) is 13.1 Å². The molecule has 1 aliphatic heterocycles. The monoisotopic (exact) mass is 265 g/mol. The van der Waals surface area contributed by atoms with Gasteiger partial charge in [-0.15, -0.1) is 10.2 Å². The van der Waals surface area contributed by atoms with Crippen molar-refractivity contribution in [2.45, 2.75) is 44.9 Å². The Labute approximate surface area is 111 Å². The van der Waals surface area contributed by atoms with Crippen LogP contribution in [0.1, 0.15) is 50.4 Å². The molecule has 3 rings (SSSR count). The standard InChI is InChI=1S/C12H19N5S/c1-8(2)9-14-15-11-17(9)16-10(18-11)12(3)4-6-13-7-5-12/h8,13H,4-7H2,1-3H3. The lowest BCUT2D eigenvalue weighted by molar-refractivity contribution is 0.331. The second-order valence-electron chi connectivity index (χ2n) is 5.63. The van der Waals surface area contributed by atoms with Crippen LogP contribution in [0.2, 0.25) is 0 Å². The van der Waals surface area contributed by atoms with Crippen molar-refractivity contribution < 1.29 is 0 Å². The van der Waals surface area contributed by atoms with Gasteiger partial charge in [0, 0.05) is 11.3 Å². The van der Waals surface area contributed by atoms with Crippen LogP contribution >= 0.6 is 11.3 Å². The normalized spacial score (nSPS) is 19.8. The molecule has 1 saturated heterocycles. The molecule has 0 spiro atoms. The Morgan fingerprint density at radius 3 is 2.67 bits per heavy atom. The summed E-state index contributed by atoms with van der Waals surface area (Å²) in [6, 6.07) is 0. The quantitative estimate of drug-likeness (QED) is 0.901. The first-order chi connectivity index (χ1) is 8.60. The predicted octanol–water partition coefficient (Wildman–Crippen LogP) is 1.95. The second-order valence-corrected chi connectivity index (χ2v) is 6.58. The fraction of sp³-hybridized carbons (Fsp3) is 0.750. The van der Waals surface area contributed by atoms with Crippen LogP contribution in [-0.2, 0) is 5.41 Å². The van der Waals surface area contributed by atoms with E-state index in [1.165, 1.54) is 5.01 Å². The Bertz CT molecular complexity index is 550. The van der Waals surface area contributed by atoms with E-state index in [4.69, 9.17) is 5.10 Å². The summed E-state index contributed by atoms with van der Waals surface area (Å²) in [5, 5.41) is 17.8. The Balaban J connectivity index is 2.02. The van der Waals surface area contributed by atoms with Crippen molar-refractivity contribution in [3.8, 4) is 0 Å². The van der Waals surface area contributed by atoms with Gasteiger partial charge in [0.05, 0.1) is 0 Å². The summed E-state index contributed by atoms with van der Waals surface area (Å²) in [7, 11) is 0. The maximum Gasteiger partial charge on any atom is 0.234 e. The van der Waals surface area contributed by atoms with Gasteiger partial charge in [0.2, 0.25) is 4.96 Å². The highest BCUT2D eigenvalue weighted by molar-refractivity contribution is 7.16. The van der Waals surface area contributed by atoms with Crippen LogP contribution in [0, 0.1) is 0 Å². The number of hydrogen-bond acceptors (Lipinski definition) is 5. The molecule has 0 atom stereocenters. The van der Waals surface area contributed by atoms with Crippen LogP contribution in [-0.4, -0.2) is 32.9 Å². The van der Waals surface area contributed by atoms with E-state index in [0.29, 0.717) is 5.92 Å². The molecular formula is C12H19N5S. The third-order valence-electron chi connectivity index (χ3n) is 3.75. The maximum atomic E-state index is 4.77. The molecule has 98 valence electrons. The van der Waals surface area contributed by atoms with E-state index in [-0.39, 0.29) is 5.41 Å². The minimum absolute atomic E-state index is 0.199. The summed E-state index contributed by atoms with van der Waals surface area (Å²) in [5.41, 5.74) is 0.199. The molecule has 0 saturated carbocycles. The van der Waals surface area contributed by atoms with E-state index in [1.807, 2.05) is 4.52 Å². The fourth-order valence-electron chi connectivity index (χ4n) is 2.43. The van der Waals surface area contributed by atoms with Crippen molar-refractivity contribution in [1.29, 1.82) is 0 Å². The molecule has 0 unspecified atom stereocenters. The van der Waals surface area contributed by atoms with Crippen LogP contribution < -0.4 is 5.32 Å². The summed E-state index contributed by atoms with van der Waals surface area (Å²) in [6.07, 6.45) is 2.29. The van der Waals surface area contributed by atoms with Crippen LogP contribution in [0.4, 0.5) is 0 Å². The SMILES string of the molecule is CC(C)c1nnc2sc(C3(C)CCNCC3)nn12. The van der Waals surface area contributed by atoms with Crippen molar-refractivity contribution in [2.24, 2.45) is 0 Å². The minimum Gasteiger partial charge on any atom is -0.317 e. The summed E-state index contributed by atoms with van der Waals surface area (Å²) in [6.45, 7) is 8.72. The van der Waals surface area contributed by atoms with Gasteiger partial charge in [-0.2, -0.15) is 9.61 Å². The molecule has 2 aromatic rings. The summed E-state index contributed by atoms with van der Waals surface area (Å²) < 4.78 is 1.93. The minimum atomic E-state index is 0.199. The van der Waals surface area contributed by atoms with E-state index < -0.39 is 0 Å². The number of fused-ring (bicyclic) bond motifs is 1.